The van der Waals surface area contributed by atoms with Crippen LogP contribution in [0.15, 0.2) is 30.9 Å². The minimum Gasteiger partial charge on any atom is -0.330 e. The third kappa shape index (κ3) is 2.80. The summed E-state index contributed by atoms with van der Waals surface area (Å²) in [5.41, 5.74) is 4.27. The van der Waals surface area contributed by atoms with Crippen LogP contribution >= 0.6 is 0 Å². The van der Waals surface area contributed by atoms with Crippen molar-refractivity contribution in [3.8, 4) is 0 Å². The van der Waals surface area contributed by atoms with Crippen molar-refractivity contribution in [2.24, 2.45) is 0 Å². The zero-order valence-corrected chi connectivity index (χ0v) is 13.1. The van der Waals surface area contributed by atoms with Crippen molar-refractivity contribution in [2.45, 2.75) is 44.6 Å². The molecular weight excluding hydrogens is 272 g/mol. The third-order valence-corrected chi connectivity index (χ3v) is 5.17. The van der Waals surface area contributed by atoms with E-state index in [0.717, 1.165) is 13.0 Å². The predicted octanol–water partition coefficient (Wildman–Crippen LogP) is 2.65. The van der Waals surface area contributed by atoms with Crippen molar-refractivity contribution in [2.75, 3.05) is 19.6 Å². The van der Waals surface area contributed by atoms with Crippen molar-refractivity contribution in [3.63, 3.8) is 0 Å². The Morgan fingerprint density at radius 3 is 2.91 bits per heavy atom. The lowest BCUT2D eigenvalue weighted by atomic mass is 10.0. The number of imidazole rings is 1. The fourth-order valence-corrected chi connectivity index (χ4v) is 3.89. The molecule has 1 aliphatic heterocycles. The molecule has 4 rings (SSSR count). The molecule has 116 valence electrons. The molecule has 0 radical (unpaired) electrons. The second-order valence-electron chi connectivity index (χ2n) is 6.60. The van der Waals surface area contributed by atoms with Crippen LogP contribution in [0.3, 0.4) is 0 Å². The van der Waals surface area contributed by atoms with Gasteiger partial charge in [0, 0.05) is 43.8 Å². The number of nitrogens with zero attached hydrogens (tertiary/aromatic N) is 4. The Morgan fingerprint density at radius 2 is 2.00 bits per heavy atom. The molecule has 0 amide bonds. The molecule has 1 atom stereocenters. The summed E-state index contributed by atoms with van der Waals surface area (Å²) in [7, 11) is 0. The van der Waals surface area contributed by atoms with E-state index in [4.69, 9.17) is 0 Å². The van der Waals surface area contributed by atoms with Gasteiger partial charge in [0.15, 0.2) is 0 Å². The highest BCUT2D eigenvalue weighted by Crippen LogP contribution is 2.28. The SMILES string of the molecule is c1cc(CCN2CCC(n3cnc4c3CCCC4)C2)ccn1. The molecule has 0 N–H and O–H groups in total. The lowest BCUT2D eigenvalue weighted by molar-refractivity contribution is 0.326. The average Bonchev–Trinajstić information content (AvgIpc) is 3.20. The quantitative estimate of drug-likeness (QED) is 0.870. The first kappa shape index (κ1) is 13.9. The molecule has 2 aromatic rings. The molecule has 0 aromatic carbocycles. The topological polar surface area (TPSA) is 34.0 Å². The van der Waals surface area contributed by atoms with Gasteiger partial charge in [0.05, 0.1) is 12.0 Å². The van der Waals surface area contributed by atoms with E-state index in [1.807, 2.05) is 12.4 Å². The number of fused-ring (bicyclic) bond motifs is 1. The maximum absolute atomic E-state index is 4.66. The Kier molecular flexibility index (Phi) is 3.94. The van der Waals surface area contributed by atoms with Gasteiger partial charge in [-0.2, -0.15) is 0 Å². The van der Waals surface area contributed by atoms with Crippen LogP contribution in [0.4, 0.5) is 0 Å². The van der Waals surface area contributed by atoms with Crippen LogP contribution < -0.4 is 0 Å². The van der Waals surface area contributed by atoms with Gasteiger partial charge in [-0.25, -0.2) is 4.98 Å². The van der Waals surface area contributed by atoms with Crippen LogP contribution in [0.1, 0.15) is 42.3 Å². The number of aromatic nitrogens is 3. The molecule has 4 heteroatoms. The van der Waals surface area contributed by atoms with Crippen LogP contribution in [-0.4, -0.2) is 39.1 Å². The number of likely N-dealkylation sites (tertiary alicyclic amines) is 1. The minimum absolute atomic E-state index is 0.631. The smallest absolute Gasteiger partial charge is 0.0954 e. The highest BCUT2D eigenvalue weighted by Gasteiger charge is 2.26. The van der Waals surface area contributed by atoms with Gasteiger partial charge >= 0.3 is 0 Å². The van der Waals surface area contributed by atoms with E-state index in [1.165, 1.54) is 62.1 Å². The first-order valence-corrected chi connectivity index (χ1v) is 8.56. The summed E-state index contributed by atoms with van der Waals surface area (Å²) in [6, 6.07) is 4.88. The molecular formula is C18H24N4. The molecule has 0 bridgehead atoms. The van der Waals surface area contributed by atoms with Gasteiger partial charge in [-0.3, -0.25) is 4.98 Å². The molecule has 1 aliphatic carbocycles. The lowest BCUT2D eigenvalue weighted by Crippen LogP contribution is -2.24. The van der Waals surface area contributed by atoms with Gasteiger partial charge in [-0.1, -0.05) is 0 Å². The highest BCUT2D eigenvalue weighted by atomic mass is 15.2. The van der Waals surface area contributed by atoms with E-state index >= 15 is 0 Å². The number of hydrogen-bond acceptors (Lipinski definition) is 3. The van der Waals surface area contributed by atoms with Crippen molar-refractivity contribution < 1.29 is 0 Å². The second kappa shape index (κ2) is 6.21. The molecule has 0 spiro atoms. The fourth-order valence-electron chi connectivity index (χ4n) is 3.89. The standard InChI is InChI=1S/C18H24N4/c1-2-4-18-17(3-1)20-14-22(18)16-8-12-21(13-16)11-7-15-5-9-19-10-6-15/h5-6,9-10,14,16H,1-4,7-8,11-13H2. The Morgan fingerprint density at radius 1 is 1.14 bits per heavy atom. The molecule has 1 fully saturated rings. The van der Waals surface area contributed by atoms with Crippen molar-refractivity contribution in [1.82, 2.24) is 19.4 Å². The number of aryl methyl sites for hydroxylation is 1. The highest BCUT2D eigenvalue weighted by molar-refractivity contribution is 5.18. The number of hydrogen-bond donors (Lipinski definition) is 0. The molecule has 2 aliphatic rings. The van der Waals surface area contributed by atoms with Crippen molar-refractivity contribution in [3.05, 3.63) is 47.8 Å². The van der Waals surface area contributed by atoms with E-state index in [0.29, 0.717) is 6.04 Å². The Bertz CT molecular complexity index is 619. The number of rotatable bonds is 4. The van der Waals surface area contributed by atoms with E-state index in [1.54, 1.807) is 0 Å². The molecule has 3 heterocycles. The maximum atomic E-state index is 4.66. The Labute approximate surface area is 132 Å². The molecule has 2 aromatic heterocycles. The molecule has 22 heavy (non-hydrogen) atoms. The summed E-state index contributed by atoms with van der Waals surface area (Å²) in [4.78, 5) is 11.3. The van der Waals surface area contributed by atoms with E-state index in [2.05, 4.69) is 37.9 Å². The van der Waals surface area contributed by atoms with Gasteiger partial charge in [0.2, 0.25) is 0 Å². The second-order valence-corrected chi connectivity index (χ2v) is 6.60. The van der Waals surface area contributed by atoms with Crippen molar-refractivity contribution in [1.29, 1.82) is 0 Å². The van der Waals surface area contributed by atoms with Crippen LogP contribution in [-0.2, 0) is 19.3 Å². The Hall–Kier alpha value is -1.68. The maximum Gasteiger partial charge on any atom is 0.0954 e. The number of pyridine rings is 1. The van der Waals surface area contributed by atoms with Gasteiger partial charge in [0.25, 0.3) is 0 Å². The summed E-state index contributed by atoms with van der Waals surface area (Å²) in [5, 5.41) is 0. The predicted molar refractivity (Wildman–Crippen MR) is 86.9 cm³/mol. The first-order valence-electron chi connectivity index (χ1n) is 8.56. The summed E-state index contributed by atoms with van der Waals surface area (Å²) < 4.78 is 2.49. The van der Waals surface area contributed by atoms with Crippen molar-refractivity contribution >= 4 is 0 Å². The molecule has 1 unspecified atom stereocenters. The van der Waals surface area contributed by atoms with E-state index in [-0.39, 0.29) is 0 Å². The monoisotopic (exact) mass is 296 g/mol. The summed E-state index contributed by atoms with van der Waals surface area (Å²) in [6.45, 7) is 3.54. The summed E-state index contributed by atoms with van der Waals surface area (Å²) >= 11 is 0. The zero-order valence-electron chi connectivity index (χ0n) is 13.1. The molecule has 1 saturated heterocycles. The minimum atomic E-state index is 0.631. The normalized spacial score (nSPS) is 21.9. The summed E-state index contributed by atoms with van der Waals surface area (Å²) in [5.74, 6) is 0. The fraction of sp³-hybridized carbons (Fsp3) is 0.556. The molecule has 0 saturated carbocycles. The van der Waals surface area contributed by atoms with Crippen LogP contribution in [0.25, 0.3) is 0 Å². The van der Waals surface area contributed by atoms with E-state index in [9.17, 15) is 0 Å². The van der Waals surface area contributed by atoms with Gasteiger partial charge < -0.3 is 9.47 Å². The van der Waals surface area contributed by atoms with Gasteiger partial charge in [-0.15, -0.1) is 0 Å². The largest absolute Gasteiger partial charge is 0.330 e. The Balaban J connectivity index is 1.37. The van der Waals surface area contributed by atoms with Gasteiger partial charge in [0.1, 0.15) is 0 Å². The zero-order chi connectivity index (χ0) is 14.8. The lowest BCUT2D eigenvalue weighted by Gasteiger charge is -2.20. The van der Waals surface area contributed by atoms with Crippen LogP contribution in [0.2, 0.25) is 0 Å². The summed E-state index contributed by atoms with van der Waals surface area (Å²) in [6.07, 6.45) is 13.3. The third-order valence-electron chi connectivity index (χ3n) is 5.17. The van der Waals surface area contributed by atoms with Gasteiger partial charge in [-0.05, 0) is 56.2 Å². The molecule has 4 nitrogen and oxygen atoms in total. The van der Waals surface area contributed by atoms with Crippen LogP contribution in [0.5, 0.6) is 0 Å². The van der Waals surface area contributed by atoms with E-state index < -0.39 is 0 Å². The average molecular weight is 296 g/mol. The van der Waals surface area contributed by atoms with Crippen LogP contribution in [0, 0.1) is 0 Å². The first-order chi connectivity index (χ1) is 10.9.